The molecule has 0 bridgehead atoms. The number of halogens is 2. The molecule has 1 amide bonds. The lowest BCUT2D eigenvalue weighted by atomic mass is 10.1. The van der Waals surface area contributed by atoms with Crippen molar-refractivity contribution in [1.82, 2.24) is 9.62 Å². The Morgan fingerprint density at radius 3 is 2.72 bits per heavy atom. The van der Waals surface area contributed by atoms with E-state index in [1.807, 2.05) is 0 Å². The number of amides is 1. The van der Waals surface area contributed by atoms with Gasteiger partial charge < -0.3 is 10.4 Å². The van der Waals surface area contributed by atoms with Crippen molar-refractivity contribution in [3.05, 3.63) is 52.1 Å². The molecule has 0 aliphatic heterocycles. The molecule has 2 aromatic rings. The van der Waals surface area contributed by atoms with Gasteiger partial charge in [-0.1, -0.05) is 23.7 Å². The average molecular weight is 407 g/mol. The van der Waals surface area contributed by atoms with Gasteiger partial charge in [0, 0.05) is 13.6 Å². The van der Waals surface area contributed by atoms with Crippen molar-refractivity contribution in [2.45, 2.75) is 10.3 Å². The van der Waals surface area contributed by atoms with E-state index in [2.05, 4.69) is 5.32 Å². The van der Waals surface area contributed by atoms with Crippen molar-refractivity contribution in [2.24, 2.45) is 0 Å². The predicted molar refractivity (Wildman–Crippen MR) is 93.5 cm³/mol. The second-order valence-electron chi connectivity index (χ2n) is 5.19. The molecule has 0 fully saturated rings. The van der Waals surface area contributed by atoms with E-state index in [1.165, 1.54) is 37.4 Å². The van der Waals surface area contributed by atoms with Crippen molar-refractivity contribution in [2.75, 3.05) is 20.1 Å². The summed E-state index contributed by atoms with van der Waals surface area (Å²) in [5, 5.41) is 12.4. The lowest BCUT2D eigenvalue weighted by Crippen LogP contribution is -2.39. The summed E-state index contributed by atoms with van der Waals surface area (Å²) in [5.74, 6) is -1.09. The molecule has 1 heterocycles. The van der Waals surface area contributed by atoms with Crippen LogP contribution in [0.4, 0.5) is 4.39 Å². The smallest absolute Gasteiger partial charge is 0.252 e. The number of hydrogen-bond donors (Lipinski definition) is 2. The Morgan fingerprint density at radius 2 is 2.12 bits per heavy atom. The quantitative estimate of drug-likeness (QED) is 0.736. The Hall–Kier alpha value is -1.52. The van der Waals surface area contributed by atoms with Gasteiger partial charge in [-0.3, -0.25) is 4.79 Å². The Labute approximate surface area is 153 Å². The second kappa shape index (κ2) is 8.24. The van der Waals surface area contributed by atoms with E-state index in [1.54, 1.807) is 0 Å². The monoisotopic (exact) mass is 406 g/mol. The Morgan fingerprint density at radius 1 is 1.40 bits per heavy atom. The summed E-state index contributed by atoms with van der Waals surface area (Å²) in [6, 6.07) is 8.20. The number of benzene rings is 1. The van der Waals surface area contributed by atoms with E-state index in [9.17, 15) is 22.7 Å². The Bertz CT molecular complexity index is 857. The fourth-order valence-corrected chi connectivity index (χ4v) is 4.80. The second-order valence-corrected chi connectivity index (χ2v) is 9.18. The van der Waals surface area contributed by atoms with E-state index in [-0.39, 0.29) is 10.8 Å². The zero-order chi connectivity index (χ0) is 18.6. The molecular formula is C15H16ClFN2O4S2. The van der Waals surface area contributed by atoms with Crippen LogP contribution < -0.4 is 5.32 Å². The summed E-state index contributed by atoms with van der Waals surface area (Å²) >= 11 is 6.63. The number of thiophene rings is 1. The van der Waals surface area contributed by atoms with Crippen molar-refractivity contribution in [1.29, 1.82) is 0 Å². The molecule has 136 valence electrons. The van der Waals surface area contributed by atoms with Gasteiger partial charge in [0.15, 0.2) is 0 Å². The van der Waals surface area contributed by atoms with Gasteiger partial charge in [-0.25, -0.2) is 12.8 Å². The number of likely N-dealkylation sites (N-methyl/N-ethyl adjacent to an activating group) is 1. The third-order valence-corrected chi connectivity index (χ3v) is 6.81. The van der Waals surface area contributed by atoms with Gasteiger partial charge in [0.05, 0.1) is 17.0 Å². The van der Waals surface area contributed by atoms with E-state index in [4.69, 9.17) is 11.6 Å². The normalized spacial score (nSPS) is 13.0. The molecule has 2 N–H and O–H groups in total. The van der Waals surface area contributed by atoms with E-state index >= 15 is 0 Å². The molecule has 1 aromatic heterocycles. The van der Waals surface area contributed by atoms with Crippen LogP contribution in [0.1, 0.15) is 11.7 Å². The van der Waals surface area contributed by atoms with Gasteiger partial charge in [-0.2, -0.15) is 4.31 Å². The van der Waals surface area contributed by atoms with Crippen LogP contribution in [-0.4, -0.2) is 43.9 Å². The number of carbonyl (C=O) groups excluding carboxylic acids is 1. The highest BCUT2D eigenvalue weighted by molar-refractivity contribution is 7.91. The molecule has 0 spiro atoms. The number of hydrogen-bond acceptors (Lipinski definition) is 5. The third kappa shape index (κ3) is 5.23. The number of sulfonamides is 1. The first-order chi connectivity index (χ1) is 11.7. The lowest BCUT2D eigenvalue weighted by Gasteiger charge is -2.17. The molecule has 1 atom stereocenters. The number of rotatable bonds is 7. The van der Waals surface area contributed by atoms with Crippen LogP contribution in [0.2, 0.25) is 4.34 Å². The zero-order valence-corrected chi connectivity index (χ0v) is 15.5. The topological polar surface area (TPSA) is 86.7 Å². The number of aliphatic hydroxyl groups is 1. The number of nitrogens with one attached hydrogen (secondary N) is 1. The maximum Gasteiger partial charge on any atom is 0.252 e. The maximum absolute atomic E-state index is 13.1. The SMILES string of the molecule is CN(CC(=O)NCC(O)c1cccc(F)c1)S(=O)(=O)c1ccc(Cl)s1. The summed E-state index contributed by atoms with van der Waals surface area (Å²) in [4.78, 5) is 11.9. The molecule has 6 nitrogen and oxygen atoms in total. The summed E-state index contributed by atoms with van der Waals surface area (Å²) in [7, 11) is -2.55. The van der Waals surface area contributed by atoms with Crippen molar-refractivity contribution < 1.29 is 22.7 Å². The molecule has 0 radical (unpaired) electrons. The standard InChI is InChI=1S/C15H16ClFN2O4S2/c1-19(25(22,23)15-6-5-13(16)24-15)9-14(21)18-8-12(20)10-3-2-4-11(17)7-10/h2-7,12,20H,8-9H2,1H3,(H,18,21). The highest BCUT2D eigenvalue weighted by Crippen LogP contribution is 2.27. The predicted octanol–water partition coefficient (Wildman–Crippen LogP) is 2.01. The Balaban J connectivity index is 1.91. The minimum Gasteiger partial charge on any atom is -0.387 e. The van der Waals surface area contributed by atoms with Crippen molar-refractivity contribution in [3.8, 4) is 0 Å². The number of aliphatic hydroxyl groups excluding tert-OH is 1. The van der Waals surface area contributed by atoms with Crippen molar-refractivity contribution in [3.63, 3.8) is 0 Å². The molecule has 0 saturated carbocycles. The molecule has 0 aliphatic rings. The van der Waals surface area contributed by atoms with Crippen LogP contribution >= 0.6 is 22.9 Å². The number of carbonyl (C=O) groups is 1. The summed E-state index contributed by atoms with van der Waals surface area (Å²) in [6.07, 6.45) is -1.10. The van der Waals surface area contributed by atoms with Crippen LogP contribution in [0.5, 0.6) is 0 Å². The largest absolute Gasteiger partial charge is 0.387 e. The molecule has 1 aromatic carbocycles. The van der Waals surface area contributed by atoms with Gasteiger partial charge in [0.1, 0.15) is 10.0 Å². The van der Waals surface area contributed by atoms with Gasteiger partial charge in [0.25, 0.3) is 10.0 Å². The number of nitrogens with zero attached hydrogens (tertiary/aromatic N) is 1. The molecule has 25 heavy (non-hydrogen) atoms. The van der Waals surface area contributed by atoms with Crippen LogP contribution in [-0.2, 0) is 14.8 Å². The van der Waals surface area contributed by atoms with Gasteiger partial charge >= 0.3 is 0 Å². The minimum atomic E-state index is -3.82. The molecule has 2 rings (SSSR count). The fourth-order valence-electron chi connectivity index (χ4n) is 1.98. The first-order valence-electron chi connectivity index (χ1n) is 7.12. The molecule has 0 saturated heterocycles. The average Bonchev–Trinajstić information content (AvgIpc) is 2.99. The first kappa shape index (κ1) is 19.8. The summed E-state index contributed by atoms with van der Waals surface area (Å²) in [5.41, 5.74) is 0.314. The van der Waals surface area contributed by atoms with Crippen LogP contribution in [0.25, 0.3) is 0 Å². The molecular weight excluding hydrogens is 391 g/mol. The fraction of sp³-hybridized carbons (Fsp3) is 0.267. The van der Waals surface area contributed by atoms with E-state index in [0.29, 0.717) is 9.90 Å². The molecule has 1 unspecified atom stereocenters. The first-order valence-corrected chi connectivity index (χ1v) is 9.75. The van der Waals surface area contributed by atoms with Crippen LogP contribution in [0.3, 0.4) is 0 Å². The van der Waals surface area contributed by atoms with Gasteiger partial charge in [-0.05, 0) is 29.8 Å². The van der Waals surface area contributed by atoms with E-state index in [0.717, 1.165) is 21.7 Å². The minimum absolute atomic E-state index is 0.0348. The molecule has 10 heteroatoms. The highest BCUT2D eigenvalue weighted by Gasteiger charge is 2.24. The maximum atomic E-state index is 13.1. The zero-order valence-electron chi connectivity index (χ0n) is 13.1. The van der Waals surface area contributed by atoms with Crippen LogP contribution in [0, 0.1) is 5.82 Å². The summed E-state index contributed by atoms with van der Waals surface area (Å²) < 4.78 is 38.9. The molecule has 0 aliphatic carbocycles. The highest BCUT2D eigenvalue weighted by atomic mass is 35.5. The van der Waals surface area contributed by atoms with Crippen molar-refractivity contribution >= 4 is 38.9 Å². The van der Waals surface area contributed by atoms with Crippen LogP contribution in [0.15, 0.2) is 40.6 Å². The lowest BCUT2D eigenvalue weighted by molar-refractivity contribution is -0.121. The van der Waals surface area contributed by atoms with Gasteiger partial charge in [0.2, 0.25) is 5.91 Å². The third-order valence-electron chi connectivity index (χ3n) is 3.31. The van der Waals surface area contributed by atoms with E-state index < -0.39 is 34.4 Å². The summed E-state index contributed by atoms with van der Waals surface area (Å²) in [6.45, 7) is -0.589. The Kier molecular flexibility index (Phi) is 6.53. The van der Waals surface area contributed by atoms with Gasteiger partial charge in [-0.15, -0.1) is 11.3 Å².